The van der Waals surface area contributed by atoms with E-state index in [-0.39, 0.29) is 6.61 Å². The van der Waals surface area contributed by atoms with Gasteiger partial charge in [0, 0.05) is 11.3 Å². The number of thiophene rings is 1. The van der Waals surface area contributed by atoms with Crippen LogP contribution in [0.15, 0.2) is 17.5 Å². The average molecular weight is 267 g/mol. The second-order valence-corrected chi connectivity index (χ2v) is 4.30. The van der Waals surface area contributed by atoms with Crippen molar-refractivity contribution in [2.75, 3.05) is 19.7 Å². The molecule has 0 atom stereocenters. The van der Waals surface area contributed by atoms with Crippen LogP contribution in [0.4, 0.5) is 13.2 Å². The fourth-order valence-corrected chi connectivity index (χ4v) is 1.77. The van der Waals surface area contributed by atoms with Crippen molar-refractivity contribution in [3.63, 3.8) is 0 Å². The number of rotatable bonds is 6. The van der Waals surface area contributed by atoms with Crippen LogP contribution in [-0.4, -0.2) is 31.8 Å². The third-order valence-corrected chi connectivity index (χ3v) is 2.72. The van der Waals surface area contributed by atoms with Gasteiger partial charge in [0.1, 0.15) is 0 Å². The molecule has 0 aliphatic carbocycles. The Balaban J connectivity index is 2.05. The predicted octanol–water partition coefficient (Wildman–Crippen LogP) is 1.99. The fraction of sp³-hybridized carbons (Fsp3) is 0.500. The molecule has 1 heterocycles. The van der Waals surface area contributed by atoms with Crippen LogP contribution in [-0.2, 0) is 16.0 Å². The molecule has 96 valence electrons. The number of hydrogen-bond donors (Lipinski definition) is 1. The van der Waals surface area contributed by atoms with Gasteiger partial charge in [-0.05, 0) is 11.4 Å². The van der Waals surface area contributed by atoms with E-state index in [0.717, 1.165) is 4.88 Å². The van der Waals surface area contributed by atoms with E-state index in [1.165, 1.54) is 0 Å². The minimum atomic E-state index is -4.31. The smallest absolute Gasteiger partial charge is 0.401 e. The van der Waals surface area contributed by atoms with E-state index < -0.39 is 25.2 Å². The van der Waals surface area contributed by atoms with E-state index in [2.05, 4.69) is 0 Å². The third-order valence-electron chi connectivity index (χ3n) is 1.79. The molecule has 0 radical (unpaired) electrons. The van der Waals surface area contributed by atoms with Crippen molar-refractivity contribution < 1.29 is 22.7 Å². The number of nitrogens with one attached hydrogen (secondary N) is 1. The minimum absolute atomic E-state index is 0.188. The van der Waals surface area contributed by atoms with E-state index in [0.29, 0.717) is 6.42 Å². The summed E-state index contributed by atoms with van der Waals surface area (Å²) in [6.07, 6.45) is -3.72. The summed E-state index contributed by atoms with van der Waals surface area (Å²) in [5.41, 5.74) is 0. The van der Waals surface area contributed by atoms with Crippen LogP contribution in [0.2, 0.25) is 0 Å². The SMILES string of the molecule is O=C(CNCC(F)(F)F)OCCc1cccs1. The summed E-state index contributed by atoms with van der Waals surface area (Å²) in [5.74, 6) is -0.675. The van der Waals surface area contributed by atoms with E-state index >= 15 is 0 Å². The maximum Gasteiger partial charge on any atom is 0.401 e. The summed E-state index contributed by atoms with van der Waals surface area (Å²) >= 11 is 1.54. The fourth-order valence-electron chi connectivity index (χ4n) is 1.08. The molecule has 1 N–H and O–H groups in total. The van der Waals surface area contributed by atoms with Crippen LogP contribution in [0.1, 0.15) is 4.88 Å². The number of carbonyl (C=O) groups excluding carboxylic acids is 1. The summed E-state index contributed by atoms with van der Waals surface area (Å²) in [6, 6.07) is 3.78. The Morgan fingerprint density at radius 3 is 2.82 bits per heavy atom. The molecule has 0 aliphatic rings. The maximum absolute atomic E-state index is 11.7. The minimum Gasteiger partial charge on any atom is -0.464 e. The highest BCUT2D eigenvalue weighted by Crippen LogP contribution is 2.12. The number of carbonyl (C=O) groups is 1. The van der Waals surface area contributed by atoms with Crippen molar-refractivity contribution in [1.29, 1.82) is 0 Å². The van der Waals surface area contributed by atoms with Crippen LogP contribution in [0.5, 0.6) is 0 Å². The van der Waals surface area contributed by atoms with Crippen LogP contribution in [0, 0.1) is 0 Å². The van der Waals surface area contributed by atoms with Crippen molar-refractivity contribution in [3.8, 4) is 0 Å². The number of esters is 1. The second-order valence-electron chi connectivity index (χ2n) is 3.27. The molecule has 1 rings (SSSR count). The largest absolute Gasteiger partial charge is 0.464 e. The summed E-state index contributed by atoms with van der Waals surface area (Å²) in [5, 5.41) is 3.88. The highest BCUT2D eigenvalue weighted by molar-refractivity contribution is 7.09. The zero-order chi connectivity index (χ0) is 12.7. The van der Waals surface area contributed by atoms with E-state index in [9.17, 15) is 18.0 Å². The lowest BCUT2D eigenvalue weighted by atomic mass is 10.4. The van der Waals surface area contributed by atoms with Gasteiger partial charge in [0.25, 0.3) is 0 Å². The van der Waals surface area contributed by atoms with Gasteiger partial charge in [-0.25, -0.2) is 0 Å². The molecular formula is C10H12F3NO2S. The Morgan fingerprint density at radius 1 is 1.47 bits per heavy atom. The van der Waals surface area contributed by atoms with Crippen molar-refractivity contribution in [2.45, 2.75) is 12.6 Å². The van der Waals surface area contributed by atoms with E-state index in [1.54, 1.807) is 11.3 Å². The van der Waals surface area contributed by atoms with Crippen LogP contribution < -0.4 is 5.32 Å². The van der Waals surface area contributed by atoms with E-state index in [4.69, 9.17) is 4.74 Å². The molecular weight excluding hydrogens is 255 g/mol. The molecule has 1 aromatic rings. The standard InChI is InChI=1S/C10H12F3NO2S/c11-10(12,13)7-14-6-9(15)16-4-3-8-2-1-5-17-8/h1-2,5,14H,3-4,6-7H2. The Hall–Kier alpha value is -1.08. The molecule has 0 fully saturated rings. The van der Waals surface area contributed by atoms with Crippen LogP contribution >= 0.6 is 11.3 Å². The number of alkyl halides is 3. The molecule has 3 nitrogen and oxygen atoms in total. The van der Waals surface area contributed by atoms with Gasteiger partial charge in [0.15, 0.2) is 0 Å². The second kappa shape index (κ2) is 6.61. The third kappa shape index (κ3) is 6.96. The van der Waals surface area contributed by atoms with Gasteiger partial charge in [-0.3, -0.25) is 10.1 Å². The maximum atomic E-state index is 11.7. The zero-order valence-corrected chi connectivity index (χ0v) is 9.74. The number of hydrogen-bond acceptors (Lipinski definition) is 4. The molecule has 1 aromatic heterocycles. The quantitative estimate of drug-likeness (QED) is 0.801. The Bertz CT molecular complexity index is 338. The lowest BCUT2D eigenvalue weighted by Gasteiger charge is -2.08. The van der Waals surface area contributed by atoms with Gasteiger partial charge in [-0.1, -0.05) is 6.07 Å². The van der Waals surface area contributed by atoms with Gasteiger partial charge in [-0.15, -0.1) is 11.3 Å². The molecule has 0 amide bonds. The lowest BCUT2D eigenvalue weighted by Crippen LogP contribution is -2.33. The Kier molecular flexibility index (Phi) is 5.43. The normalized spacial score (nSPS) is 11.5. The molecule has 0 saturated heterocycles. The highest BCUT2D eigenvalue weighted by Gasteiger charge is 2.26. The van der Waals surface area contributed by atoms with Gasteiger partial charge in [0.2, 0.25) is 0 Å². The van der Waals surface area contributed by atoms with Crippen LogP contribution in [0.25, 0.3) is 0 Å². The van der Waals surface area contributed by atoms with E-state index in [1.807, 2.05) is 22.8 Å². The summed E-state index contributed by atoms with van der Waals surface area (Å²) in [4.78, 5) is 12.1. The van der Waals surface area contributed by atoms with Gasteiger partial charge in [-0.2, -0.15) is 13.2 Å². The number of halogens is 3. The molecule has 0 bridgehead atoms. The topological polar surface area (TPSA) is 38.3 Å². The molecule has 17 heavy (non-hydrogen) atoms. The van der Waals surface area contributed by atoms with Crippen molar-refractivity contribution >= 4 is 17.3 Å². The van der Waals surface area contributed by atoms with Crippen molar-refractivity contribution in [3.05, 3.63) is 22.4 Å². The molecule has 7 heteroatoms. The summed E-state index contributed by atoms with van der Waals surface area (Å²) in [6.45, 7) is -1.43. The highest BCUT2D eigenvalue weighted by atomic mass is 32.1. The molecule has 0 unspecified atom stereocenters. The zero-order valence-electron chi connectivity index (χ0n) is 8.92. The summed E-state index contributed by atoms with van der Waals surface area (Å²) in [7, 11) is 0. The molecule has 0 aliphatic heterocycles. The first-order chi connectivity index (χ1) is 7.97. The monoisotopic (exact) mass is 267 g/mol. The van der Waals surface area contributed by atoms with Gasteiger partial charge in [0.05, 0.1) is 19.7 Å². The average Bonchev–Trinajstić information content (AvgIpc) is 2.68. The van der Waals surface area contributed by atoms with Gasteiger partial charge >= 0.3 is 12.1 Å². The predicted molar refractivity (Wildman–Crippen MR) is 57.9 cm³/mol. The summed E-state index contributed by atoms with van der Waals surface area (Å²) < 4.78 is 40.0. The van der Waals surface area contributed by atoms with Crippen LogP contribution in [0.3, 0.4) is 0 Å². The molecule has 0 aromatic carbocycles. The Morgan fingerprint density at radius 2 is 2.24 bits per heavy atom. The molecule has 0 spiro atoms. The van der Waals surface area contributed by atoms with Gasteiger partial charge < -0.3 is 4.74 Å². The van der Waals surface area contributed by atoms with Crippen molar-refractivity contribution in [2.24, 2.45) is 0 Å². The van der Waals surface area contributed by atoms with Crippen molar-refractivity contribution in [1.82, 2.24) is 5.32 Å². The Labute approximate surface area is 101 Å². The lowest BCUT2D eigenvalue weighted by molar-refractivity contribution is -0.144. The first-order valence-electron chi connectivity index (χ1n) is 4.93. The first-order valence-corrected chi connectivity index (χ1v) is 5.81. The molecule has 0 saturated carbocycles. The number of ether oxygens (including phenoxy) is 1. The first kappa shape index (κ1) is 14.0.